The zero-order valence-corrected chi connectivity index (χ0v) is 18.9. The molecule has 0 saturated carbocycles. The number of aryl methyl sites for hydroxylation is 1. The third-order valence-corrected chi connectivity index (χ3v) is 6.85. The lowest BCUT2D eigenvalue weighted by molar-refractivity contribution is 0.0840. The number of likely N-dealkylation sites (N-methyl/N-ethyl adjacent to an activating group) is 1. The zero-order chi connectivity index (χ0) is 22.0. The normalized spacial score (nSPS) is 17.7. The molecule has 1 amide bonds. The molecule has 0 N–H and O–H groups in total. The van der Waals surface area contributed by atoms with Gasteiger partial charge in [-0.1, -0.05) is 19.1 Å². The number of aromatic nitrogens is 1. The van der Waals surface area contributed by atoms with Gasteiger partial charge >= 0.3 is 0 Å². The second kappa shape index (κ2) is 9.23. The lowest BCUT2D eigenvalue weighted by atomic mass is 9.87. The van der Waals surface area contributed by atoms with Gasteiger partial charge in [0.25, 0.3) is 11.5 Å². The third kappa shape index (κ3) is 4.24. The van der Waals surface area contributed by atoms with Crippen LogP contribution in [-0.2, 0) is 6.54 Å². The molecule has 1 saturated heterocycles. The second-order valence-electron chi connectivity index (χ2n) is 8.60. The Morgan fingerprint density at radius 1 is 1.10 bits per heavy atom. The van der Waals surface area contributed by atoms with Gasteiger partial charge in [-0.2, -0.15) is 0 Å². The van der Waals surface area contributed by atoms with Crippen LogP contribution in [0, 0.1) is 0 Å². The third-order valence-electron chi connectivity index (χ3n) is 6.85. The number of benzene rings is 1. The highest BCUT2D eigenvalue weighted by Gasteiger charge is 2.24. The van der Waals surface area contributed by atoms with Gasteiger partial charge in [0.1, 0.15) is 0 Å². The number of fused-ring (bicyclic) bond motifs is 1. The molecule has 5 nitrogen and oxygen atoms in total. The number of nitrogens with zero attached hydrogens (tertiary/aromatic N) is 3. The van der Waals surface area contributed by atoms with Crippen LogP contribution in [0.5, 0.6) is 0 Å². The van der Waals surface area contributed by atoms with E-state index < -0.39 is 0 Å². The minimum Gasteiger partial charge on any atom is -0.312 e. The molecule has 1 aliphatic carbocycles. The van der Waals surface area contributed by atoms with Crippen molar-refractivity contribution in [3.8, 4) is 0 Å². The summed E-state index contributed by atoms with van der Waals surface area (Å²) in [6.07, 6.45) is 10.3. The first-order valence-electron chi connectivity index (χ1n) is 11.6. The molecule has 2 aliphatic rings. The number of carbonyl (C=O) groups excluding carboxylic acids is 1. The average Bonchev–Trinajstić information content (AvgIpc) is 2.83. The van der Waals surface area contributed by atoms with Crippen LogP contribution in [0.15, 0.2) is 53.0 Å². The van der Waals surface area contributed by atoms with Crippen LogP contribution in [-0.4, -0.2) is 47.0 Å². The van der Waals surface area contributed by atoms with E-state index in [1.54, 1.807) is 4.90 Å². The van der Waals surface area contributed by atoms with E-state index in [-0.39, 0.29) is 11.5 Å². The largest absolute Gasteiger partial charge is 0.312 e. The highest BCUT2D eigenvalue weighted by Crippen LogP contribution is 2.33. The fourth-order valence-electron chi connectivity index (χ4n) is 4.93. The van der Waals surface area contributed by atoms with E-state index in [0.29, 0.717) is 18.0 Å². The molecular weight excluding hydrogens is 386 g/mol. The Morgan fingerprint density at radius 3 is 2.52 bits per heavy atom. The van der Waals surface area contributed by atoms with E-state index in [1.165, 1.54) is 0 Å². The number of allylic oxidation sites excluding steroid dienone is 3. The highest BCUT2D eigenvalue weighted by molar-refractivity contribution is 5.99. The topological polar surface area (TPSA) is 45.6 Å². The standard InChI is InChI=1S/C26H33N3O2/c1-4-28-15-13-19(14-16-28)22-18-25(30)29(5-2)24-12-11-20(17-23(22)24)26(31)27(3)21-9-7-6-8-10-21/h7,9-12,17-19H,4-6,8,13-16H2,1-3H3. The SMILES string of the molecule is CCN1CCC(c2cc(=O)n(CC)c3ccc(C(=O)N(C)C4=CCCC=C4)cc23)CC1. The van der Waals surface area contributed by atoms with Crippen molar-refractivity contribution in [1.29, 1.82) is 0 Å². The van der Waals surface area contributed by atoms with Gasteiger partial charge in [-0.05, 0) is 88.0 Å². The lowest BCUT2D eigenvalue weighted by Crippen LogP contribution is -2.33. The van der Waals surface area contributed by atoms with Crippen molar-refractivity contribution in [2.75, 3.05) is 26.7 Å². The number of hydrogen-bond acceptors (Lipinski definition) is 3. The number of hydrogen-bond donors (Lipinski definition) is 0. The zero-order valence-electron chi connectivity index (χ0n) is 18.9. The van der Waals surface area contributed by atoms with Crippen molar-refractivity contribution >= 4 is 16.8 Å². The quantitative estimate of drug-likeness (QED) is 0.715. The number of piperidine rings is 1. The van der Waals surface area contributed by atoms with Crippen molar-refractivity contribution < 1.29 is 4.79 Å². The van der Waals surface area contributed by atoms with Crippen LogP contribution in [0.4, 0.5) is 0 Å². The maximum absolute atomic E-state index is 13.3. The lowest BCUT2D eigenvalue weighted by Gasteiger charge is -2.32. The minimum atomic E-state index is -0.0132. The summed E-state index contributed by atoms with van der Waals surface area (Å²) in [5.41, 5.74) is 3.70. The molecule has 0 spiro atoms. The Morgan fingerprint density at radius 2 is 1.87 bits per heavy atom. The van der Waals surface area contributed by atoms with E-state index in [9.17, 15) is 9.59 Å². The first kappa shape index (κ1) is 21.6. The monoisotopic (exact) mass is 419 g/mol. The predicted molar refractivity (Wildman–Crippen MR) is 127 cm³/mol. The Hall–Kier alpha value is -2.66. The van der Waals surface area contributed by atoms with Crippen LogP contribution in [0.25, 0.3) is 10.9 Å². The van der Waals surface area contributed by atoms with Gasteiger partial charge in [0.15, 0.2) is 0 Å². The van der Waals surface area contributed by atoms with Crippen molar-refractivity contribution in [3.05, 3.63) is 69.7 Å². The summed E-state index contributed by atoms with van der Waals surface area (Å²) < 4.78 is 1.81. The summed E-state index contributed by atoms with van der Waals surface area (Å²) in [5.74, 6) is 0.345. The molecule has 1 aliphatic heterocycles. The van der Waals surface area contributed by atoms with Crippen LogP contribution in [0.3, 0.4) is 0 Å². The first-order valence-corrected chi connectivity index (χ1v) is 11.6. The Kier molecular flexibility index (Phi) is 6.42. The summed E-state index contributed by atoms with van der Waals surface area (Å²) in [6.45, 7) is 8.00. The molecule has 5 heteroatoms. The fourth-order valence-corrected chi connectivity index (χ4v) is 4.93. The highest BCUT2D eigenvalue weighted by atomic mass is 16.2. The summed E-state index contributed by atoms with van der Waals surface area (Å²) in [7, 11) is 1.84. The summed E-state index contributed by atoms with van der Waals surface area (Å²) >= 11 is 0. The number of rotatable bonds is 5. The molecule has 0 bridgehead atoms. The van der Waals surface area contributed by atoms with Crippen molar-refractivity contribution in [3.63, 3.8) is 0 Å². The van der Waals surface area contributed by atoms with Gasteiger partial charge in [-0.15, -0.1) is 0 Å². The van der Waals surface area contributed by atoms with Gasteiger partial charge in [0, 0.05) is 36.3 Å². The van der Waals surface area contributed by atoms with Crippen LogP contribution in [0.2, 0.25) is 0 Å². The molecule has 2 aromatic rings. The average molecular weight is 420 g/mol. The van der Waals surface area contributed by atoms with Crippen LogP contribution >= 0.6 is 0 Å². The van der Waals surface area contributed by atoms with Crippen LogP contribution < -0.4 is 5.56 Å². The van der Waals surface area contributed by atoms with Gasteiger partial charge < -0.3 is 14.4 Å². The molecule has 31 heavy (non-hydrogen) atoms. The minimum absolute atomic E-state index is 0.0132. The maximum Gasteiger partial charge on any atom is 0.258 e. The van der Waals surface area contributed by atoms with Crippen molar-refractivity contribution in [2.45, 2.75) is 52.0 Å². The number of pyridine rings is 1. The molecule has 1 fully saturated rings. The van der Waals surface area contributed by atoms with Gasteiger partial charge in [0.2, 0.25) is 0 Å². The summed E-state index contributed by atoms with van der Waals surface area (Å²) in [5, 5.41) is 1.05. The number of amides is 1. The van der Waals surface area contributed by atoms with Gasteiger partial charge in [-0.25, -0.2) is 0 Å². The smallest absolute Gasteiger partial charge is 0.258 e. The Labute approximate surface area is 184 Å². The Bertz CT molecular complexity index is 1090. The first-order chi connectivity index (χ1) is 15.0. The molecule has 0 unspecified atom stereocenters. The second-order valence-corrected chi connectivity index (χ2v) is 8.60. The molecular formula is C26H33N3O2. The summed E-state index contributed by atoms with van der Waals surface area (Å²) in [6, 6.07) is 7.65. The maximum atomic E-state index is 13.3. The molecule has 1 aromatic heterocycles. The molecule has 1 aromatic carbocycles. The van der Waals surface area contributed by atoms with Crippen molar-refractivity contribution in [2.24, 2.45) is 0 Å². The fraction of sp³-hybridized carbons (Fsp3) is 0.462. The number of likely N-dealkylation sites (tertiary alicyclic amines) is 1. The van der Waals surface area contributed by atoms with E-state index in [4.69, 9.17) is 0 Å². The van der Waals surface area contributed by atoms with E-state index in [2.05, 4.69) is 24.0 Å². The molecule has 0 atom stereocenters. The van der Waals surface area contributed by atoms with Gasteiger partial charge in [-0.3, -0.25) is 9.59 Å². The van der Waals surface area contributed by atoms with E-state index in [0.717, 1.165) is 67.5 Å². The van der Waals surface area contributed by atoms with E-state index >= 15 is 0 Å². The van der Waals surface area contributed by atoms with Gasteiger partial charge in [0.05, 0.1) is 5.52 Å². The molecule has 4 rings (SSSR count). The Balaban J connectivity index is 1.75. The van der Waals surface area contributed by atoms with E-state index in [1.807, 2.05) is 48.9 Å². The molecule has 0 radical (unpaired) electrons. The van der Waals surface area contributed by atoms with Crippen LogP contribution in [0.1, 0.15) is 61.4 Å². The molecule has 164 valence electrons. The predicted octanol–water partition coefficient (Wildman–Crippen LogP) is 4.53. The summed E-state index contributed by atoms with van der Waals surface area (Å²) in [4.78, 5) is 30.3. The molecule has 2 heterocycles. The van der Waals surface area contributed by atoms with Crippen molar-refractivity contribution in [1.82, 2.24) is 14.4 Å². The number of carbonyl (C=O) groups is 1.